The fourth-order valence-corrected chi connectivity index (χ4v) is 4.10. The second-order valence-electron chi connectivity index (χ2n) is 7.19. The zero-order valence-electron chi connectivity index (χ0n) is 16.0. The number of likely N-dealkylation sites (N-methyl/N-ethyl adjacent to an activating group) is 1. The third kappa shape index (κ3) is 3.70. The zero-order chi connectivity index (χ0) is 18.7. The third-order valence-corrected chi connectivity index (χ3v) is 5.58. The van der Waals surface area contributed by atoms with Gasteiger partial charge in [-0.25, -0.2) is 0 Å². The largest absolute Gasteiger partial charge is 0.497 e. The Morgan fingerprint density at radius 2 is 1.88 bits per heavy atom. The second kappa shape index (κ2) is 8.08. The second-order valence-corrected chi connectivity index (χ2v) is 7.19. The maximum absolute atomic E-state index is 13.3. The van der Waals surface area contributed by atoms with Crippen LogP contribution in [0.15, 0.2) is 24.3 Å². The van der Waals surface area contributed by atoms with Crippen molar-refractivity contribution in [1.82, 2.24) is 14.7 Å². The highest BCUT2D eigenvalue weighted by Gasteiger charge is 2.45. The molecular weight excluding hydrogens is 330 g/mol. The van der Waals surface area contributed by atoms with E-state index in [0.717, 1.165) is 43.9 Å². The number of hydrogen-bond acceptors (Lipinski definition) is 4. The molecule has 0 N–H and O–H groups in total. The van der Waals surface area contributed by atoms with Gasteiger partial charge in [-0.1, -0.05) is 12.1 Å². The lowest BCUT2D eigenvalue weighted by Crippen LogP contribution is -2.40. The Hall–Kier alpha value is -2.08. The van der Waals surface area contributed by atoms with Crippen molar-refractivity contribution in [3.05, 3.63) is 29.8 Å². The summed E-state index contributed by atoms with van der Waals surface area (Å²) in [6.07, 6.45) is 1.28. The third-order valence-electron chi connectivity index (χ3n) is 5.58. The monoisotopic (exact) mass is 359 g/mol. The van der Waals surface area contributed by atoms with Crippen LogP contribution >= 0.6 is 0 Å². The van der Waals surface area contributed by atoms with Crippen LogP contribution in [0.5, 0.6) is 5.75 Å². The van der Waals surface area contributed by atoms with Gasteiger partial charge < -0.3 is 19.4 Å². The number of amides is 2. The van der Waals surface area contributed by atoms with E-state index in [1.54, 1.807) is 7.11 Å². The number of carbonyl (C=O) groups excluding carboxylic acids is 2. The van der Waals surface area contributed by atoms with Gasteiger partial charge in [0, 0.05) is 32.6 Å². The quantitative estimate of drug-likeness (QED) is 0.822. The standard InChI is InChI=1S/C20H29N3O3/c1-4-23-18(24)14-17(19(23)15-6-8-16(26-3)9-7-15)20(25)22-11-5-10-21(2)12-13-22/h6-9,17,19H,4-5,10-14H2,1-3H3/t17-,19+/m1/s1. The Morgan fingerprint density at radius 3 is 2.54 bits per heavy atom. The SMILES string of the molecule is CCN1C(=O)C[C@@H](C(=O)N2CCCN(C)CC2)[C@@H]1c1ccc(OC)cc1. The highest BCUT2D eigenvalue weighted by Crippen LogP contribution is 2.39. The molecule has 2 fully saturated rings. The van der Waals surface area contributed by atoms with Gasteiger partial charge in [-0.2, -0.15) is 0 Å². The Morgan fingerprint density at radius 1 is 1.15 bits per heavy atom. The molecule has 2 atom stereocenters. The summed E-state index contributed by atoms with van der Waals surface area (Å²) in [7, 11) is 3.72. The van der Waals surface area contributed by atoms with Gasteiger partial charge in [0.15, 0.2) is 0 Å². The van der Waals surface area contributed by atoms with E-state index in [-0.39, 0.29) is 23.8 Å². The Bertz CT molecular complexity index is 646. The van der Waals surface area contributed by atoms with Crippen molar-refractivity contribution in [3.8, 4) is 5.75 Å². The van der Waals surface area contributed by atoms with Crippen molar-refractivity contribution in [2.75, 3.05) is 46.9 Å². The predicted molar refractivity (Wildman–Crippen MR) is 99.9 cm³/mol. The molecule has 6 nitrogen and oxygen atoms in total. The molecule has 26 heavy (non-hydrogen) atoms. The van der Waals surface area contributed by atoms with Crippen molar-refractivity contribution in [2.45, 2.75) is 25.8 Å². The number of ether oxygens (including phenoxy) is 1. The van der Waals surface area contributed by atoms with Gasteiger partial charge >= 0.3 is 0 Å². The van der Waals surface area contributed by atoms with E-state index in [1.165, 1.54) is 0 Å². The Labute approximate surface area is 155 Å². The summed E-state index contributed by atoms with van der Waals surface area (Å²) in [6, 6.07) is 7.55. The van der Waals surface area contributed by atoms with Gasteiger partial charge in [0.05, 0.1) is 19.1 Å². The molecule has 6 heteroatoms. The molecule has 0 unspecified atom stereocenters. The maximum Gasteiger partial charge on any atom is 0.228 e. The van der Waals surface area contributed by atoms with Crippen LogP contribution in [-0.2, 0) is 9.59 Å². The lowest BCUT2D eigenvalue weighted by atomic mass is 9.92. The molecule has 2 saturated heterocycles. The molecule has 0 aliphatic carbocycles. The number of carbonyl (C=O) groups is 2. The smallest absolute Gasteiger partial charge is 0.228 e. The minimum Gasteiger partial charge on any atom is -0.497 e. The molecule has 0 saturated carbocycles. The first-order chi connectivity index (χ1) is 12.5. The number of nitrogens with zero attached hydrogens (tertiary/aromatic N) is 3. The van der Waals surface area contributed by atoms with E-state index in [1.807, 2.05) is 41.0 Å². The number of methoxy groups -OCH3 is 1. The molecule has 1 aromatic carbocycles. The summed E-state index contributed by atoms with van der Waals surface area (Å²) in [5, 5.41) is 0. The Kier molecular flexibility index (Phi) is 5.81. The van der Waals surface area contributed by atoms with Crippen molar-refractivity contribution < 1.29 is 14.3 Å². The first kappa shape index (κ1) is 18.7. The summed E-state index contributed by atoms with van der Waals surface area (Å²) < 4.78 is 5.24. The van der Waals surface area contributed by atoms with Crippen LogP contribution in [0.25, 0.3) is 0 Å². The molecule has 2 amide bonds. The number of hydrogen-bond donors (Lipinski definition) is 0. The van der Waals surface area contributed by atoms with Gasteiger partial charge in [-0.05, 0) is 44.6 Å². The molecule has 0 bridgehead atoms. The van der Waals surface area contributed by atoms with Gasteiger partial charge in [0.25, 0.3) is 0 Å². The molecule has 2 heterocycles. The first-order valence-corrected chi connectivity index (χ1v) is 9.46. The molecule has 3 rings (SSSR count). The topological polar surface area (TPSA) is 53.1 Å². The van der Waals surface area contributed by atoms with E-state index >= 15 is 0 Å². The normalized spacial score (nSPS) is 24.7. The number of likely N-dealkylation sites (tertiary alicyclic amines) is 1. The van der Waals surface area contributed by atoms with Crippen LogP contribution in [0.2, 0.25) is 0 Å². The summed E-state index contributed by atoms with van der Waals surface area (Å²) in [6.45, 7) is 5.99. The Balaban J connectivity index is 1.85. The van der Waals surface area contributed by atoms with E-state index in [0.29, 0.717) is 13.0 Å². The summed E-state index contributed by atoms with van der Waals surface area (Å²) in [5.74, 6) is 0.655. The summed E-state index contributed by atoms with van der Waals surface area (Å²) in [5.41, 5.74) is 1.00. The fraction of sp³-hybridized carbons (Fsp3) is 0.600. The van der Waals surface area contributed by atoms with Crippen LogP contribution in [-0.4, -0.2) is 73.4 Å². The highest BCUT2D eigenvalue weighted by atomic mass is 16.5. The fourth-order valence-electron chi connectivity index (χ4n) is 4.10. The molecule has 142 valence electrons. The van der Waals surface area contributed by atoms with Gasteiger partial charge in [0.2, 0.25) is 11.8 Å². The molecule has 0 radical (unpaired) electrons. The average molecular weight is 359 g/mol. The van der Waals surface area contributed by atoms with Crippen LogP contribution in [0.1, 0.15) is 31.4 Å². The van der Waals surface area contributed by atoms with Crippen molar-refractivity contribution in [3.63, 3.8) is 0 Å². The molecule has 0 spiro atoms. The number of benzene rings is 1. The molecular formula is C20H29N3O3. The molecule has 0 aromatic heterocycles. The van der Waals surface area contributed by atoms with E-state index in [4.69, 9.17) is 4.74 Å². The minimum atomic E-state index is -0.306. The van der Waals surface area contributed by atoms with Crippen molar-refractivity contribution in [2.24, 2.45) is 5.92 Å². The highest BCUT2D eigenvalue weighted by molar-refractivity contribution is 5.90. The van der Waals surface area contributed by atoms with Gasteiger partial charge in [-0.3, -0.25) is 9.59 Å². The van der Waals surface area contributed by atoms with Gasteiger partial charge in [0.1, 0.15) is 5.75 Å². The summed E-state index contributed by atoms with van der Waals surface area (Å²) in [4.78, 5) is 31.9. The van der Waals surface area contributed by atoms with Crippen LogP contribution in [0.3, 0.4) is 0 Å². The minimum absolute atomic E-state index is 0.0682. The molecule has 2 aliphatic rings. The van der Waals surface area contributed by atoms with Crippen LogP contribution in [0.4, 0.5) is 0 Å². The van der Waals surface area contributed by atoms with Gasteiger partial charge in [-0.15, -0.1) is 0 Å². The van der Waals surface area contributed by atoms with Crippen molar-refractivity contribution in [1.29, 1.82) is 0 Å². The molecule has 2 aliphatic heterocycles. The zero-order valence-corrected chi connectivity index (χ0v) is 16.0. The lowest BCUT2D eigenvalue weighted by Gasteiger charge is -2.30. The first-order valence-electron chi connectivity index (χ1n) is 9.46. The summed E-state index contributed by atoms with van der Waals surface area (Å²) >= 11 is 0. The van der Waals surface area contributed by atoms with E-state index < -0.39 is 0 Å². The van der Waals surface area contributed by atoms with E-state index in [9.17, 15) is 9.59 Å². The molecule has 1 aromatic rings. The van der Waals surface area contributed by atoms with Crippen molar-refractivity contribution >= 4 is 11.8 Å². The predicted octanol–water partition coefficient (Wildman–Crippen LogP) is 1.77. The average Bonchev–Trinajstić information content (AvgIpc) is 2.83. The van der Waals surface area contributed by atoms with Crippen LogP contribution < -0.4 is 4.74 Å². The van der Waals surface area contributed by atoms with E-state index in [2.05, 4.69) is 11.9 Å². The van der Waals surface area contributed by atoms with Crippen LogP contribution in [0, 0.1) is 5.92 Å². The maximum atomic E-state index is 13.3. The number of rotatable bonds is 4. The lowest BCUT2D eigenvalue weighted by molar-refractivity contribution is -0.136.